The summed E-state index contributed by atoms with van der Waals surface area (Å²) in [5.41, 5.74) is 0.903. The lowest BCUT2D eigenvalue weighted by Gasteiger charge is -2.32. The zero-order chi connectivity index (χ0) is 24.1. The Morgan fingerprint density at radius 3 is 2.65 bits per heavy atom. The molecule has 34 heavy (non-hydrogen) atoms. The lowest BCUT2D eigenvalue weighted by molar-refractivity contribution is 0.0574. The van der Waals surface area contributed by atoms with Crippen molar-refractivity contribution in [1.29, 1.82) is 0 Å². The van der Waals surface area contributed by atoms with Gasteiger partial charge in [-0.3, -0.25) is 14.2 Å². The second-order valence-corrected chi connectivity index (χ2v) is 7.92. The van der Waals surface area contributed by atoms with E-state index in [1.165, 1.54) is 0 Å². The zero-order valence-electron chi connectivity index (χ0n) is 19.7. The first-order chi connectivity index (χ1) is 16.6. The minimum Gasteiger partial charge on any atom is -0.454 e. The molecule has 1 amide bonds. The van der Waals surface area contributed by atoms with Crippen molar-refractivity contribution in [1.82, 2.24) is 14.5 Å². The van der Waals surface area contributed by atoms with Crippen LogP contribution < -0.4 is 15.0 Å². The molecule has 9 heteroatoms. The van der Waals surface area contributed by atoms with Gasteiger partial charge in [0.25, 0.3) is 11.5 Å². The van der Waals surface area contributed by atoms with Crippen molar-refractivity contribution in [3.8, 4) is 11.5 Å². The van der Waals surface area contributed by atoms with E-state index in [-0.39, 0.29) is 18.3 Å². The molecule has 0 saturated carbocycles. The van der Waals surface area contributed by atoms with Gasteiger partial charge in [0, 0.05) is 26.3 Å². The molecular formula is C25H29N3O6. The minimum atomic E-state index is -0.456. The molecule has 0 radical (unpaired) electrons. The highest BCUT2D eigenvalue weighted by Gasteiger charge is 2.30. The zero-order valence-corrected chi connectivity index (χ0v) is 19.7. The first kappa shape index (κ1) is 23.7. The molecule has 1 aliphatic rings. The maximum atomic E-state index is 13.7. The summed E-state index contributed by atoms with van der Waals surface area (Å²) in [5, 5.41) is 0.530. The Kier molecular flexibility index (Phi) is 7.44. The second-order valence-electron chi connectivity index (χ2n) is 7.92. The molecule has 1 aromatic heterocycles. The average Bonchev–Trinajstić information content (AvgIpc) is 3.34. The lowest BCUT2D eigenvalue weighted by atomic mass is 10.1. The fourth-order valence-corrected chi connectivity index (χ4v) is 4.16. The molecule has 1 aliphatic heterocycles. The van der Waals surface area contributed by atoms with Crippen LogP contribution in [0, 0.1) is 0 Å². The monoisotopic (exact) mass is 467 g/mol. The molecule has 2 aromatic carbocycles. The normalized spacial score (nSPS) is 13.3. The number of hydrogen-bond donors (Lipinski definition) is 0. The smallest absolute Gasteiger partial charge is 0.261 e. The van der Waals surface area contributed by atoms with Crippen molar-refractivity contribution in [2.75, 3.05) is 40.8 Å². The molecular weight excluding hydrogens is 438 g/mol. The Morgan fingerprint density at radius 2 is 1.88 bits per heavy atom. The number of hydrogen-bond acceptors (Lipinski definition) is 7. The molecule has 2 heterocycles. The van der Waals surface area contributed by atoms with Gasteiger partial charge in [0.2, 0.25) is 6.79 Å². The van der Waals surface area contributed by atoms with Gasteiger partial charge in [0.1, 0.15) is 5.82 Å². The third kappa shape index (κ3) is 4.62. The number of aromatic nitrogens is 2. The fourth-order valence-electron chi connectivity index (χ4n) is 4.16. The predicted molar refractivity (Wildman–Crippen MR) is 126 cm³/mol. The van der Waals surface area contributed by atoms with E-state index in [4.69, 9.17) is 23.9 Å². The summed E-state index contributed by atoms with van der Waals surface area (Å²) in [6.45, 7) is 3.44. The van der Waals surface area contributed by atoms with Crippen LogP contribution in [0.4, 0.5) is 0 Å². The van der Waals surface area contributed by atoms with Gasteiger partial charge in [-0.1, -0.05) is 19.1 Å². The van der Waals surface area contributed by atoms with Gasteiger partial charge >= 0.3 is 0 Å². The van der Waals surface area contributed by atoms with Gasteiger partial charge in [-0.2, -0.15) is 0 Å². The van der Waals surface area contributed by atoms with Crippen LogP contribution in [0.15, 0.2) is 47.3 Å². The van der Waals surface area contributed by atoms with E-state index in [1.807, 2.05) is 25.1 Å². The molecule has 0 N–H and O–H groups in total. The van der Waals surface area contributed by atoms with Crippen LogP contribution in [0.5, 0.6) is 11.5 Å². The van der Waals surface area contributed by atoms with Gasteiger partial charge in [0.05, 0.1) is 36.7 Å². The average molecular weight is 468 g/mol. The third-order valence-corrected chi connectivity index (χ3v) is 5.89. The molecule has 1 unspecified atom stereocenters. The summed E-state index contributed by atoms with van der Waals surface area (Å²) in [5.74, 6) is 1.46. The first-order valence-corrected chi connectivity index (χ1v) is 11.3. The lowest BCUT2D eigenvalue weighted by Crippen LogP contribution is -2.41. The number of carbonyl (C=O) groups excluding carboxylic acids is 1. The fraction of sp³-hybridized carbons (Fsp3) is 0.400. The molecule has 4 rings (SSSR count). The molecule has 0 aliphatic carbocycles. The van der Waals surface area contributed by atoms with E-state index >= 15 is 0 Å². The van der Waals surface area contributed by atoms with Gasteiger partial charge < -0.3 is 23.8 Å². The molecule has 0 saturated heterocycles. The largest absolute Gasteiger partial charge is 0.454 e. The van der Waals surface area contributed by atoms with E-state index in [9.17, 15) is 9.59 Å². The summed E-state index contributed by atoms with van der Waals surface area (Å²) >= 11 is 0. The quantitative estimate of drug-likeness (QED) is 0.453. The molecule has 3 aromatic rings. The van der Waals surface area contributed by atoms with E-state index in [2.05, 4.69) is 0 Å². The van der Waals surface area contributed by atoms with Crippen LogP contribution in [0.3, 0.4) is 0 Å². The Hall–Kier alpha value is -3.43. The Labute approximate surface area is 197 Å². The van der Waals surface area contributed by atoms with Crippen molar-refractivity contribution < 1.29 is 23.7 Å². The minimum absolute atomic E-state index is 0.130. The van der Waals surface area contributed by atoms with Crippen LogP contribution in [-0.2, 0) is 16.0 Å². The first-order valence-electron chi connectivity index (χ1n) is 11.3. The number of amides is 1. The van der Waals surface area contributed by atoms with Gasteiger partial charge in [0.15, 0.2) is 11.5 Å². The molecule has 0 bridgehead atoms. The Balaban J connectivity index is 1.80. The molecule has 180 valence electrons. The number of rotatable bonds is 10. The van der Waals surface area contributed by atoms with Crippen LogP contribution in [0.25, 0.3) is 10.9 Å². The summed E-state index contributed by atoms with van der Waals surface area (Å²) in [4.78, 5) is 33.7. The van der Waals surface area contributed by atoms with E-state index in [0.717, 1.165) is 0 Å². The predicted octanol–water partition coefficient (Wildman–Crippen LogP) is 3.01. The highest BCUT2D eigenvalue weighted by Crippen LogP contribution is 2.34. The van der Waals surface area contributed by atoms with Crippen molar-refractivity contribution in [2.24, 2.45) is 0 Å². The van der Waals surface area contributed by atoms with Crippen LogP contribution in [0.2, 0.25) is 0 Å². The van der Waals surface area contributed by atoms with Crippen molar-refractivity contribution in [3.05, 3.63) is 64.2 Å². The highest BCUT2D eigenvalue weighted by molar-refractivity contribution is 5.95. The maximum Gasteiger partial charge on any atom is 0.261 e. The highest BCUT2D eigenvalue weighted by atomic mass is 16.7. The van der Waals surface area contributed by atoms with Gasteiger partial charge in [-0.15, -0.1) is 0 Å². The van der Waals surface area contributed by atoms with E-state index in [1.54, 1.807) is 48.0 Å². The van der Waals surface area contributed by atoms with E-state index < -0.39 is 6.04 Å². The molecule has 9 nitrogen and oxygen atoms in total. The summed E-state index contributed by atoms with van der Waals surface area (Å²) in [7, 11) is 3.18. The summed E-state index contributed by atoms with van der Waals surface area (Å²) in [6.07, 6.45) is 0.553. The number of benzene rings is 2. The van der Waals surface area contributed by atoms with Gasteiger partial charge in [-0.05, 0) is 36.8 Å². The van der Waals surface area contributed by atoms with E-state index in [0.29, 0.717) is 66.5 Å². The number of fused-ring (bicyclic) bond motifs is 2. The molecule has 1 atom stereocenters. The second kappa shape index (κ2) is 10.7. The van der Waals surface area contributed by atoms with Crippen LogP contribution in [0.1, 0.15) is 35.6 Å². The summed E-state index contributed by atoms with van der Waals surface area (Å²) in [6, 6.07) is 11.9. The summed E-state index contributed by atoms with van der Waals surface area (Å²) < 4.78 is 23.0. The van der Waals surface area contributed by atoms with Gasteiger partial charge in [-0.25, -0.2) is 4.98 Å². The Bertz CT molecular complexity index is 1220. The number of methoxy groups -OCH3 is 2. The van der Waals surface area contributed by atoms with Crippen LogP contribution >= 0.6 is 0 Å². The van der Waals surface area contributed by atoms with Crippen molar-refractivity contribution in [3.63, 3.8) is 0 Å². The number of para-hydroxylation sites is 1. The Morgan fingerprint density at radius 1 is 1.12 bits per heavy atom. The SMILES string of the molecule is CCC(c1nc2ccccc2c(=O)n1CCOC)N(CCOC)C(=O)c1ccc2c(c1)OCO2. The van der Waals surface area contributed by atoms with Crippen molar-refractivity contribution >= 4 is 16.8 Å². The molecule has 0 spiro atoms. The number of nitrogens with zero attached hydrogens (tertiary/aromatic N) is 3. The molecule has 0 fully saturated rings. The van der Waals surface area contributed by atoms with Crippen molar-refractivity contribution in [2.45, 2.75) is 25.9 Å². The van der Waals surface area contributed by atoms with Crippen LogP contribution in [-0.4, -0.2) is 61.1 Å². The number of ether oxygens (including phenoxy) is 4. The maximum absolute atomic E-state index is 13.7. The standard InChI is InChI=1S/C25H29N3O6/c1-4-20(23-26-19-8-6-5-7-18(19)25(30)28(23)12-14-32-3)27(11-13-31-2)24(29)17-9-10-21-22(15-17)34-16-33-21/h5-10,15,20H,4,11-14,16H2,1-3H3. The topological polar surface area (TPSA) is 92.1 Å². The number of carbonyl (C=O) groups is 1. The third-order valence-electron chi connectivity index (χ3n) is 5.89.